The number of aromatic nitrogens is 1. The molecule has 3 heteroatoms. The molecule has 1 aliphatic carbocycles. The number of hydrogen-bond acceptors (Lipinski definition) is 2. The van der Waals surface area contributed by atoms with Crippen LogP contribution in [0.2, 0.25) is 0 Å². The Morgan fingerprint density at radius 3 is 2.89 bits per heavy atom. The first kappa shape index (κ1) is 12.5. The molecule has 1 heterocycles. The molecule has 1 aromatic carbocycles. The molecule has 2 aromatic rings. The van der Waals surface area contributed by atoms with Crippen LogP contribution in [0.3, 0.4) is 0 Å². The lowest BCUT2D eigenvalue weighted by molar-refractivity contribution is 0.249. The largest absolute Gasteiger partial charge is 0.507 e. The second kappa shape index (κ2) is 5.25. The summed E-state index contributed by atoms with van der Waals surface area (Å²) in [6.07, 6.45) is 8.47. The third-order valence-electron chi connectivity index (χ3n) is 4.45. The Balaban J connectivity index is 1.71. The van der Waals surface area contributed by atoms with Crippen molar-refractivity contribution >= 4 is 10.9 Å². The lowest BCUT2D eigenvalue weighted by Gasteiger charge is -2.23. The summed E-state index contributed by atoms with van der Waals surface area (Å²) in [4.78, 5) is 5.72. The van der Waals surface area contributed by atoms with Crippen molar-refractivity contribution in [1.82, 2.24) is 9.88 Å². The summed E-state index contributed by atoms with van der Waals surface area (Å²) in [5.74, 6) is 0.386. The predicted molar refractivity (Wildman–Crippen MR) is 78.6 cm³/mol. The Hall–Kier alpha value is -1.48. The zero-order chi connectivity index (χ0) is 13.2. The van der Waals surface area contributed by atoms with Crippen molar-refractivity contribution in [3.8, 4) is 5.75 Å². The number of benzene rings is 1. The van der Waals surface area contributed by atoms with Gasteiger partial charge in [0.05, 0.1) is 0 Å². The fourth-order valence-electron chi connectivity index (χ4n) is 3.26. The van der Waals surface area contributed by atoms with Gasteiger partial charge in [0.1, 0.15) is 5.75 Å². The first-order valence-corrected chi connectivity index (χ1v) is 7.24. The maximum Gasteiger partial charge on any atom is 0.125 e. The van der Waals surface area contributed by atoms with Gasteiger partial charge < -0.3 is 15.0 Å². The van der Waals surface area contributed by atoms with Crippen molar-refractivity contribution in [2.75, 3.05) is 13.6 Å². The lowest BCUT2D eigenvalue weighted by atomic mass is 10.1. The minimum atomic E-state index is 0.386. The van der Waals surface area contributed by atoms with Gasteiger partial charge in [0.25, 0.3) is 0 Å². The van der Waals surface area contributed by atoms with E-state index in [0.29, 0.717) is 5.75 Å². The Kier molecular flexibility index (Phi) is 3.47. The van der Waals surface area contributed by atoms with Crippen LogP contribution in [-0.4, -0.2) is 34.6 Å². The van der Waals surface area contributed by atoms with Gasteiger partial charge in [-0.1, -0.05) is 18.9 Å². The third-order valence-corrected chi connectivity index (χ3v) is 4.45. The van der Waals surface area contributed by atoms with Gasteiger partial charge in [-0.25, -0.2) is 0 Å². The maximum absolute atomic E-state index is 9.98. The first-order valence-electron chi connectivity index (χ1n) is 7.24. The molecule has 2 N–H and O–H groups in total. The number of likely N-dealkylation sites (N-methyl/N-ethyl adjacent to an activating group) is 1. The van der Waals surface area contributed by atoms with Crippen molar-refractivity contribution < 1.29 is 5.11 Å². The number of H-pyrrole nitrogens is 1. The second-order valence-corrected chi connectivity index (χ2v) is 5.68. The van der Waals surface area contributed by atoms with Crippen LogP contribution < -0.4 is 0 Å². The van der Waals surface area contributed by atoms with Gasteiger partial charge in [-0.05, 0) is 44.0 Å². The van der Waals surface area contributed by atoms with Crippen LogP contribution in [0.4, 0.5) is 0 Å². The maximum atomic E-state index is 9.98. The van der Waals surface area contributed by atoms with E-state index in [1.54, 1.807) is 6.07 Å². The van der Waals surface area contributed by atoms with Gasteiger partial charge in [-0.15, -0.1) is 0 Å². The van der Waals surface area contributed by atoms with E-state index in [2.05, 4.69) is 16.9 Å². The molecule has 0 atom stereocenters. The third kappa shape index (κ3) is 2.47. The van der Waals surface area contributed by atoms with Gasteiger partial charge >= 0.3 is 0 Å². The van der Waals surface area contributed by atoms with Crippen LogP contribution in [0.5, 0.6) is 5.75 Å². The molecule has 102 valence electrons. The van der Waals surface area contributed by atoms with Crippen molar-refractivity contribution in [3.05, 3.63) is 30.0 Å². The zero-order valence-corrected chi connectivity index (χ0v) is 11.5. The van der Waals surface area contributed by atoms with Gasteiger partial charge in [0.2, 0.25) is 0 Å². The van der Waals surface area contributed by atoms with E-state index in [9.17, 15) is 5.11 Å². The van der Waals surface area contributed by atoms with Crippen LogP contribution in [-0.2, 0) is 6.42 Å². The summed E-state index contributed by atoms with van der Waals surface area (Å²) in [5.41, 5.74) is 2.25. The number of phenols is 1. The Labute approximate surface area is 114 Å². The topological polar surface area (TPSA) is 39.3 Å². The smallest absolute Gasteiger partial charge is 0.125 e. The molecule has 0 saturated heterocycles. The Morgan fingerprint density at radius 1 is 1.32 bits per heavy atom. The van der Waals surface area contributed by atoms with Crippen molar-refractivity contribution in [3.63, 3.8) is 0 Å². The van der Waals surface area contributed by atoms with Crippen molar-refractivity contribution in [1.29, 1.82) is 0 Å². The molecule has 3 rings (SSSR count). The number of hydrogen-bond donors (Lipinski definition) is 2. The minimum absolute atomic E-state index is 0.386. The summed E-state index contributed by atoms with van der Waals surface area (Å²) in [7, 11) is 2.23. The molecule has 0 unspecified atom stereocenters. The molecule has 19 heavy (non-hydrogen) atoms. The Morgan fingerprint density at radius 2 is 2.11 bits per heavy atom. The SMILES string of the molecule is CN(CCc1c[nH]c2cccc(O)c12)C1CCCC1. The number of nitrogens with one attached hydrogen (secondary N) is 1. The van der Waals surface area contributed by atoms with Crippen molar-refractivity contribution in [2.24, 2.45) is 0 Å². The monoisotopic (exact) mass is 258 g/mol. The van der Waals surface area contributed by atoms with Gasteiger partial charge in [0.15, 0.2) is 0 Å². The molecule has 1 saturated carbocycles. The molecule has 3 nitrogen and oxygen atoms in total. The fourth-order valence-corrected chi connectivity index (χ4v) is 3.26. The second-order valence-electron chi connectivity index (χ2n) is 5.68. The van der Waals surface area contributed by atoms with E-state index >= 15 is 0 Å². The minimum Gasteiger partial charge on any atom is -0.507 e. The van der Waals surface area contributed by atoms with Crippen LogP contribution in [0.25, 0.3) is 10.9 Å². The summed E-state index contributed by atoms with van der Waals surface area (Å²) >= 11 is 0. The molecule has 0 aliphatic heterocycles. The highest BCUT2D eigenvalue weighted by molar-refractivity contribution is 5.88. The molecule has 1 aromatic heterocycles. The number of rotatable bonds is 4. The zero-order valence-electron chi connectivity index (χ0n) is 11.5. The number of aromatic amines is 1. The lowest BCUT2D eigenvalue weighted by Crippen LogP contribution is -2.30. The molecule has 0 spiro atoms. The van der Waals surface area contributed by atoms with E-state index in [-0.39, 0.29) is 0 Å². The van der Waals surface area contributed by atoms with Crippen LogP contribution in [0, 0.1) is 0 Å². The average Bonchev–Trinajstić information content (AvgIpc) is 3.06. The van der Waals surface area contributed by atoms with E-state index in [0.717, 1.165) is 29.9 Å². The van der Waals surface area contributed by atoms with E-state index in [1.807, 2.05) is 18.3 Å². The fraction of sp³-hybridized carbons (Fsp3) is 0.500. The van der Waals surface area contributed by atoms with Gasteiger partial charge in [-0.2, -0.15) is 0 Å². The molecular formula is C16H22N2O. The highest BCUT2D eigenvalue weighted by atomic mass is 16.3. The van der Waals surface area contributed by atoms with Gasteiger partial charge in [0, 0.05) is 29.7 Å². The molecule has 0 bridgehead atoms. The normalized spacial score (nSPS) is 16.7. The van der Waals surface area contributed by atoms with Gasteiger partial charge in [-0.3, -0.25) is 0 Å². The summed E-state index contributed by atoms with van der Waals surface area (Å²) in [5, 5.41) is 11.0. The Bertz CT molecular complexity index is 555. The van der Waals surface area contributed by atoms with Crippen LogP contribution >= 0.6 is 0 Å². The number of aromatic hydroxyl groups is 1. The summed E-state index contributed by atoms with van der Waals surface area (Å²) in [6.45, 7) is 1.06. The molecule has 0 amide bonds. The van der Waals surface area contributed by atoms with E-state index in [1.165, 1.54) is 31.2 Å². The summed E-state index contributed by atoms with van der Waals surface area (Å²) in [6, 6.07) is 6.42. The molecule has 1 fully saturated rings. The van der Waals surface area contributed by atoms with Crippen molar-refractivity contribution in [2.45, 2.75) is 38.1 Å². The van der Waals surface area contributed by atoms with E-state index < -0.39 is 0 Å². The molecule has 0 radical (unpaired) electrons. The molecule has 1 aliphatic rings. The number of nitrogens with zero attached hydrogens (tertiary/aromatic N) is 1. The first-order chi connectivity index (χ1) is 9.25. The van der Waals surface area contributed by atoms with E-state index in [4.69, 9.17) is 0 Å². The molecular weight excluding hydrogens is 236 g/mol. The summed E-state index contributed by atoms with van der Waals surface area (Å²) < 4.78 is 0. The highest BCUT2D eigenvalue weighted by Gasteiger charge is 2.19. The number of phenolic OH excluding ortho intramolecular Hbond substituents is 1. The standard InChI is InChI=1S/C16H22N2O/c1-18(13-5-2-3-6-13)10-9-12-11-17-14-7-4-8-15(19)16(12)14/h4,7-8,11,13,17,19H,2-3,5-6,9-10H2,1H3. The quantitative estimate of drug-likeness (QED) is 0.883. The predicted octanol–water partition coefficient (Wildman–Crippen LogP) is 3.29. The van der Waals surface area contributed by atoms with Crippen LogP contribution in [0.15, 0.2) is 24.4 Å². The highest BCUT2D eigenvalue weighted by Crippen LogP contribution is 2.28. The van der Waals surface area contributed by atoms with Crippen LogP contribution in [0.1, 0.15) is 31.2 Å². The average molecular weight is 258 g/mol. The number of fused-ring (bicyclic) bond motifs is 1.